The lowest BCUT2D eigenvalue weighted by atomic mass is 10.2. The maximum Gasteiger partial charge on any atom is 0.328 e. The molecule has 1 aromatic carbocycles. The number of benzene rings is 1. The van der Waals surface area contributed by atoms with Gasteiger partial charge in [-0.25, -0.2) is 4.79 Å². The zero-order valence-corrected chi connectivity index (χ0v) is 9.35. The second kappa shape index (κ2) is 5.73. The summed E-state index contributed by atoms with van der Waals surface area (Å²) in [6.07, 6.45) is 0. The summed E-state index contributed by atoms with van der Waals surface area (Å²) in [4.78, 5) is 30.5. The molecule has 10 heteroatoms. The van der Waals surface area contributed by atoms with Crippen molar-refractivity contribution in [2.45, 2.75) is 6.04 Å². The lowest BCUT2D eigenvalue weighted by Crippen LogP contribution is -2.33. The van der Waals surface area contributed by atoms with Gasteiger partial charge in [0.1, 0.15) is 6.04 Å². The number of aliphatic hydroxyl groups excluding tert-OH is 1. The van der Waals surface area contributed by atoms with Crippen LogP contribution in [0.2, 0.25) is 0 Å². The average molecular weight is 271 g/mol. The van der Waals surface area contributed by atoms with E-state index in [-0.39, 0.29) is 0 Å². The number of aliphatic carboxylic acids is 1. The maximum atomic E-state index is 10.8. The fourth-order valence-corrected chi connectivity index (χ4v) is 1.34. The average Bonchev–Trinajstić information content (AvgIpc) is 2.34. The minimum Gasteiger partial charge on any atom is -0.480 e. The van der Waals surface area contributed by atoms with Crippen LogP contribution in [-0.4, -0.2) is 38.7 Å². The molecule has 0 aromatic heterocycles. The van der Waals surface area contributed by atoms with E-state index in [9.17, 15) is 25.0 Å². The zero-order valence-electron chi connectivity index (χ0n) is 9.35. The van der Waals surface area contributed by atoms with Gasteiger partial charge in [0.25, 0.3) is 11.4 Å². The fraction of sp³-hybridized carbons (Fsp3) is 0.222. The molecule has 102 valence electrons. The Balaban J connectivity index is 3.32. The molecule has 0 aliphatic carbocycles. The largest absolute Gasteiger partial charge is 0.480 e. The molecule has 1 atom stereocenters. The number of carboxylic acids is 1. The van der Waals surface area contributed by atoms with Crippen molar-refractivity contribution in [2.24, 2.45) is 0 Å². The van der Waals surface area contributed by atoms with Crippen molar-refractivity contribution in [3.63, 3.8) is 0 Å². The Morgan fingerprint density at radius 1 is 1.26 bits per heavy atom. The van der Waals surface area contributed by atoms with Crippen LogP contribution >= 0.6 is 0 Å². The summed E-state index contributed by atoms with van der Waals surface area (Å²) in [5, 5.41) is 41.2. The fourth-order valence-electron chi connectivity index (χ4n) is 1.34. The van der Waals surface area contributed by atoms with Crippen LogP contribution in [0.25, 0.3) is 0 Å². The quantitative estimate of drug-likeness (QED) is 0.494. The van der Waals surface area contributed by atoms with Gasteiger partial charge in [0.2, 0.25) is 0 Å². The molecule has 0 radical (unpaired) electrons. The van der Waals surface area contributed by atoms with Crippen LogP contribution in [0.1, 0.15) is 0 Å². The number of para-hydroxylation sites is 1. The Labute approximate surface area is 105 Å². The van der Waals surface area contributed by atoms with Gasteiger partial charge in [-0.15, -0.1) is 0 Å². The summed E-state index contributed by atoms with van der Waals surface area (Å²) in [5.41, 5.74) is -1.85. The molecule has 1 rings (SSSR count). The molecule has 10 nitrogen and oxygen atoms in total. The summed E-state index contributed by atoms with van der Waals surface area (Å²) >= 11 is 0. The van der Waals surface area contributed by atoms with E-state index in [2.05, 4.69) is 5.32 Å². The third-order valence-electron chi connectivity index (χ3n) is 2.21. The molecular weight excluding hydrogens is 262 g/mol. The van der Waals surface area contributed by atoms with Gasteiger partial charge >= 0.3 is 5.97 Å². The normalized spacial score (nSPS) is 11.6. The van der Waals surface area contributed by atoms with Gasteiger partial charge in [0, 0.05) is 12.1 Å². The van der Waals surface area contributed by atoms with Crippen LogP contribution in [-0.2, 0) is 4.79 Å². The van der Waals surface area contributed by atoms with E-state index in [4.69, 9.17) is 10.2 Å². The molecule has 0 bridgehead atoms. The van der Waals surface area contributed by atoms with Crippen LogP contribution in [0.5, 0.6) is 0 Å². The molecule has 0 saturated carbocycles. The van der Waals surface area contributed by atoms with Gasteiger partial charge < -0.3 is 15.5 Å². The summed E-state index contributed by atoms with van der Waals surface area (Å²) in [5.74, 6) is -1.49. The Morgan fingerprint density at radius 3 is 2.05 bits per heavy atom. The second-order valence-electron chi connectivity index (χ2n) is 3.40. The van der Waals surface area contributed by atoms with Crippen molar-refractivity contribution in [3.8, 4) is 0 Å². The molecular formula is C9H9N3O7. The molecule has 0 heterocycles. The minimum absolute atomic E-state index is 0.557. The third-order valence-corrected chi connectivity index (χ3v) is 2.21. The number of rotatable bonds is 6. The molecule has 1 unspecified atom stereocenters. The smallest absolute Gasteiger partial charge is 0.328 e. The van der Waals surface area contributed by atoms with Gasteiger partial charge in [-0.3, -0.25) is 20.2 Å². The van der Waals surface area contributed by atoms with Crippen molar-refractivity contribution in [2.75, 3.05) is 11.9 Å². The van der Waals surface area contributed by atoms with Crippen LogP contribution in [0, 0.1) is 20.2 Å². The number of anilines is 1. The maximum absolute atomic E-state index is 10.8. The molecule has 3 N–H and O–H groups in total. The highest BCUT2D eigenvalue weighted by Gasteiger charge is 2.28. The second-order valence-corrected chi connectivity index (χ2v) is 3.40. The molecule has 19 heavy (non-hydrogen) atoms. The number of nitrogens with one attached hydrogen (secondary N) is 1. The lowest BCUT2D eigenvalue weighted by Gasteiger charge is -2.13. The number of carboxylic acid groups (broad SMARTS) is 1. The van der Waals surface area contributed by atoms with E-state index in [1.54, 1.807) is 0 Å². The highest BCUT2D eigenvalue weighted by atomic mass is 16.6. The Bertz CT molecular complexity index is 498. The number of hydrogen-bond donors (Lipinski definition) is 3. The number of carbonyl (C=O) groups is 1. The van der Waals surface area contributed by atoms with Crippen molar-refractivity contribution >= 4 is 23.0 Å². The van der Waals surface area contributed by atoms with Crippen molar-refractivity contribution in [3.05, 3.63) is 38.4 Å². The van der Waals surface area contributed by atoms with E-state index >= 15 is 0 Å². The monoisotopic (exact) mass is 271 g/mol. The topological polar surface area (TPSA) is 156 Å². The highest BCUT2D eigenvalue weighted by molar-refractivity contribution is 5.82. The van der Waals surface area contributed by atoms with E-state index in [1.807, 2.05) is 0 Å². The predicted octanol–water partition coefficient (Wildman–Crippen LogP) is 0.360. The van der Waals surface area contributed by atoms with Gasteiger partial charge in [0.05, 0.1) is 16.5 Å². The Hall–Kier alpha value is -2.75. The summed E-state index contributed by atoms with van der Waals surface area (Å²) in [6, 6.07) is 1.51. The van der Waals surface area contributed by atoms with E-state index < -0.39 is 45.5 Å². The van der Waals surface area contributed by atoms with Gasteiger partial charge in [-0.1, -0.05) is 0 Å². The first-order chi connectivity index (χ1) is 8.88. The van der Waals surface area contributed by atoms with Gasteiger partial charge in [-0.05, 0) is 6.07 Å². The summed E-state index contributed by atoms with van der Waals surface area (Å²) in [6.45, 7) is -0.876. The number of nitrogens with zero attached hydrogens (tertiary/aromatic N) is 2. The molecule has 0 aliphatic rings. The molecule has 0 amide bonds. The van der Waals surface area contributed by atoms with Crippen LogP contribution < -0.4 is 5.32 Å². The number of hydrogen-bond acceptors (Lipinski definition) is 7. The standard InChI is InChI=1S/C9H9N3O7/c13-4-5(9(14)15)10-8-6(11(16)17)2-1-3-7(8)12(18)19/h1-3,5,10,13H,4H2,(H,14,15). The SMILES string of the molecule is O=C(O)C(CO)Nc1c([N+](=O)[O-])cccc1[N+](=O)[O-]. The first-order valence-corrected chi connectivity index (χ1v) is 4.90. The summed E-state index contributed by atoms with van der Waals surface area (Å²) in [7, 11) is 0. The first kappa shape index (κ1) is 14.3. The first-order valence-electron chi connectivity index (χ1n) is 4.90. The third kappa shape index (κ3) is 3.13. The predicted molar refractivity (Wildman–Crippen MR) is 61.9 cm³/mol. The van der Waals surface area contributed by atoms with E-state index in [1.165, 1.54) is 0 Å². The van der Waals surface area contributed by atoms with Crippen LogP contribution in [0.15, 0.2) is 18.2 Å². The van der Waals surface area contributed by atoms with E-state index in [0.29, 0.717) is 0 Å². The van der Waals surface area contributed by atoms with Crippen LogP contribution in [0.4, 0.5) is 17.1 Å². The highest BCUT2D eigenvalue weighted by Crippen LogP contribution is 2.34. The van der Waals surface area contributed by atoms with E-state index in [0.717, 1.165) is 18.2 Å². The molecule has 0 spiro atoms. The molecule has 0 saturated heterocycles. The Kier molecular flexibility index (Phi) is 4.32. The number of aliphatic hydroxyl groups is 1. The molecule has 0 fully saturated rings. The van der Waals surface area contributed by atoms with Crippen molar-refractivity contribution in [1.82, 2.24) is 0 Å². The molecule has 1 aromatic rings. The van der Waals surface area contributed by atoms with Crippen LogP contribution in [0.3, 0.4) is 0 Å². The number of nitro benzene ring substituents is 2. The lowest BCUT2D eigenvalue weighted by molar-refractivity contribution is -0.392. The minimum atomic E-state index is -1.58. The van der Waals surface area contributed by atoms with Crippen molar-refractivity contribution < 1.29 is 24.9 Å². The van der Waals surface area contributed by atoms with Crippen molar-refractivity contribution in [1.29, 1.82) is 0 Å². The van der Waals surface area contributed by atoms with Gasteiger partial charge in [0.15, 0.2) is 5.69 Å². The molecule has 0 aliphatic heterocycles. The van der Waals surface area contributed by atoms with Gasteiger partial charge in [-0.2, -0.15) is 0 Å². The Morgan fingerprint density at radius 2 is 1.74 bits per heavy atom. The summed E-state index contributed by atoms with van der Waals surface area (Å²) < 4.78 is 0. The zero-order chi connectivity index (χ0) is 14.6. The number of nitro groups is 2.